The zero-order valence-corrected chi connectivity index (χ0v) is 8.59. The molecule has 1 aromatic heterocycles. The number of halogens is 1. The van der Waals surface area contributed by atoms with Gasteiger partial charge in [-0.15, -0.1) is 0 Å². The molecule has 74 valence electrons. The lowest BCUT2D eigenvalue weighted by molar-refractivity contribution is 0.594. The number of hydrogen-bond donors (Lipinski definition) is 1. The van der Waals surface area contributed by atoms with E-state index in [2.05, 4.69) is 0 Å². The minimum atomic E-state index is -3.76. The van der Waals surface area contributed by atoms with E-state index < -0.39 is 10.0 Å². The molecule has 2 N–H and O–H groups in total. The first-order chi connectivity index (χ1) is 6.50. The Hall–Kier alpha value is -1.04. The Balaban J connectivity index is 2.89. The summed E-state index contributed by atoms with van der Waals surface area (Å²) in [5.74, 6) is 0. The second kappa shape index (κ2) is 2.98. The molecule has 1 aromatic carbocycles. The number of benzene rings is 1. The average Bonchev–Trinajstić information content (AvgIpc) is 2.44. The van der Waals surface area contributed by atoms with Gasteiger partial charge in [-0.05, 0) is 12.1 Å². The van der Waals surface area contributed by atoms with Gasteiger partial charge in [0.15, 0.2) is 5.03 Å². The molecule has 0 saturated carbocycles. The van der Waals surface area contributed by atoms with E-state index in [-0.39, 0.29) is 5.03 Å². The number of aromatic nitrogens is 1. The van der Waals surface area contributed by atoms with Gasteiger partial charge in [0, 0.05) is 17.2 Å². The Bertz CT molecular complexity index is 588. The fourth-order valence-corrected chi connectivity index (χ4v) is 2.39. The molecule has 0 fully saturated rings. The first-order valence-electron chi connectivity index (χ1n) is 3.79. The predicted octanol–water partition coefficient (Wildman–Crippen LogP) is 1.29. The Labute approximate surface area is 86.0 Å². The van der Waals surface area contributed by atoms with Crippen molar-refractivity contribution >= 4 is 32.7 Å². The van der Waals surface area contributed by atoms with Gasteiger partial charge in [0.05, 0.1) is 5.52 Å². The molecule has 6 heteroatoms. The van der Waals surface area contributed by atoms with E-state index in [1.165, 1.54) is 6.07 Å². The van der Waals surface area contributed by atoms with Crippen molar-refractivity contribution < 1.29 is 8.42 Å². The molecule has 1 heterocycles. The number of nitrogens with zero attached hydrogens (tertiary/aromatic N) is 1. The zero-order valence-electron chi connectivity index (χ0n) is 7.01. The van der Waals surface area contributed by atoms with E-state index in [0.29, 0.717) is 5.52 Å². The smallest absolute Gasteiger partial charge is 0.240 e. The molecule has 0 aliphatic heterocycles. The van der Waals surface area contributed by atoms with Crippen LogP contribution in [0.4, 0.5) is 0 Å². The van der Waals surface area contributed by atoms with Gasteiger partial charge in [-0.3, -0.25) is 0 Å². The van der Waals surface area contributed by atoms with Gasteiger partial charge in [0.25, 0.3) is 10.0 Å². The Morgan fingerprint density at radius 1 is 1.29 bits per heavy atom. The lowest BCUT2D eigenvalue weighted by Crippen LogP contribution is -2.14. The van der Waals surface area contributed by atoms with Crippen molar-refractivity contribution in [3.63, 3.8) is 0 Å². The van der Waals surface area contributed by atoms with E-state index in [1.54, 1.807) is 24.3 Å². The molecule has 0 atom stereocenters. The van der Waals surface area contributed by atoms with Crippen LogP contribution in [0.25, 0.3) is 10.9 Å². The number of sulfonamides is 1. The molecule has 0 saturated heterocycles. The van der Waals surface area contributed by atoms with Crippen LogP contribution in [0.2, 0.25) is 0 Å². The Morgan fingerprint density at radius 3 is 2.50 bits per heavy atom. The van der Waals surface area contributed by atoms with Gasteiger partial charge >= 0.3 is 0 Å². The first kappa shape index (κ1) is 9.51. The maximum atomic E-state index is 11.1. The third-order valence-electron chi connectivity index (χ3n) is 1.91. The molecule has 0 unspecified atom stereocenters. The summed E-state index contributed by atoms with van der Waals surface area (Å²) >= 11 is 5.80. The third kappa shape index (κ3) is 1.39. The standard InChI is InChI=1S/C8H7ClN2O2S/c9-11-7-4-2-1-3-6(7)5-8(11)14(10,12)13/h1-5H,(H2,10,12,13). The Morgan fingerprint density at radius 2 is 1.93 bits per heavy atom. The molecule has 2 aromatic rings. The van der Waals surface area contributed by atoms with Crippen LogP contribution in [0, 0.1) is 0 Å². The van der Waals surface area contributed by atoms with Crippen molar-refractivity contribution in [3.05, 3.63) is 30.3 Å². The topological polar surface area (TPSA) is 65.1 Å². The highest BCUT2D eigenvalue weighted by atomic mass is 35.5. The van der Waals surface area contributed by atoms with Crippen molar-refractivity contribution in [1.82, 2.24) is 4.09 Å². The van der Waals surface area contributed by atoms with E-state index in [4.69, 9.17) is 16.9 Å². The van der Waals surface area contributed by atoms with E-state index >= 15 is 0 Å². The molecule has 0 amide bonds. The number of rotatable bonds is 1. The molecule has 2 rings (SSSR count). The molecular weight excluding hydrogens is 224 g/mol. The van der Waals surface area contributed by atoms with Crippen molar-refractivity contribution in [2.75, 3.05) is 0 Å². The second-order valence-corrected chi connectivity index (χ2v) is 4.71. The molecule has 0 aliphatic rings. The number of nitrogens with two attached hydrogens (primary N) is 1. The fraction of sp³-hybridized carbons (Fsp3) is 0. The molecule has 0 bridgehead atoms. The van der Waals surface area contributed by atoms with E-state index in [1.807, 2.05) is 0 Å². The van der Waals surface area contributed by atoms with E-state index in [0.717, 1.165) is 9.47 Å². The average molecular weight is 231 g/mol. The highest BCUT2D eigenvalue weighted by Gasteiger charge is 2.16. The monoisotopic (exact) mass is 230 g/mol. The summed E-state index contributed by atoms with van der Waals surface area (Å²) in [6.45, 7) is 0. The largest absolute Gasteiger partial charge is 0.254 e. The summed E-state index contributed by atoms with van der Waals surface area (Å²) in [7, 11) is -3.76. The summed E-state index contributed by atoms with van der Waals surface area (Å²) in [5, 5.41) is 5.63. The number of fused-ring (bicyclic) bond motifs is 1. The summed E-state index contributed by atoms with van der Waals surface area (Å²) in [6, 6.07) is 8.50. The predicted molar refractivity (Wildman–Crippen MR) is 54.6 cm³/mol. The van der Waals surface area contributed by atoms with Crippen LogP contribution in [0.1, 0.15) is 0 Å². The molecule has 0 spiro atoms. The maximum Gasteiger partial charge on any atom is 0.254 e. The molecule has 4 nitrogen and oxygen atoms in total. The number of primary sulfonamides is 1. The van der Waals surface area contributed by atoms with E-state index in [9.17, 15) is 8.42 Å². The van der Waals surface area contributed by atoms with Crippen molar-refractivity contribution in [2.45, 2.75) is 5.03 Å². The number of para-hydroxylation sites is 1. The minimum Gasteiger partial charge on any atom is -0.240 e. The minimum absolute atomic E-state index is 0.0969. The van der Waals surface area contributed by atoms with Gasteiger partial charge in [-0.2, -0.15) is 0 Å². The molecule has 14 heavy (non-hydrogen) atoms. The SMILES string of the molecule is NS(=O)(=O)c1cc2ccccc2n1Cl. The first-order valence-corrected chi connectivity index (χ1v) is 5.68. The summed E-state index contributed by atoms with van der Waals surface area (Å²) < 4.78 is 23.2. The van der Waals surface area contributed by atoms with Crippen LogP contribution < -0.4 is 5.14 Å². The van der Waals surface area contributed by atoms with Crippen molar-refractivity contribution in [2.24, 2.45) is 5.14 Å². The van der Waals surface area contributed by atoms with Gasteiger partial charge in [-0.25, -0.2) is 17.6 Å². The molecular formula is C8H7ClN2O2S. The van der Waals surface area contributed by atoms with Crippen LogP contribution in [0.3, 0.4) is 0 Å². The highest BCUT2D eigenvalue weighted by Crippen LogP contribution is 2.23. The van der Waals surface area contributed by atoms with Crippen LogP contribution in [0.15, 0.2) is 35.4 Å². The van der Waals surface area contributed by atoms with Gasteiger partial charge in [0.1, 0.15) is 0 Å². The van der Waals surface area contributed by atoms with Crippen LogP contribution in [-0.2, 0) is 10.0 Å². The van der Waals surface area contributed by atoms with Crippen LogP contribution in [0.5, 0.6) is 0 Å². The van der Waals surface area contributed by atoms with Gasteiger partial charge in [-0.1, -0.05) is 18.2 Å². The lowest BCUT2D eigenvalue weighted by Gasteiger charge is -1.97. The molecule has 0 radical (unpaired) electrons. The lowest BCUT2D eigenvalue weighted by atomic mass is 10.3. The van der Waals surface area contributed by atoms with Crippen molar-refractivity contribution in [3.8, 4) is 0 Å². The van der Waals surface area contributed by atoms with Gasteiger partial charge in [0.2, 0.25) is 0 Å². The van der Waals surface area contributed by atoms with Gasteiger partial charge < -0.3 is 0 Å². The second-order valence-electron chi connectivity index (χ2n) is 2.87. The van der Waals surface area contributed by atoms with Crippen LogP contribution in [-0.4, -0.2) is 12.5 Å². The summed E-state index contributed by atoms with van der Waals surface area (Å²) in [5.41, 5.74) is 0.623. The maximum absolute atomic E-state index is 11.1. The fourth-order valence-electron chi connectivity index (χ4n) is 1.29. The van der Waals surface area contributed by atoms with Crippen molar-refractivity contribution in [1.29, 1.82) is 0 Å². The Kier molecular flexibility index (Phi) is 2.02. The third-order valence-corrected chi connectivity index (χ3v) is 3.26. The quantitative estimate of drug-likeness (QED) is 0.802. The molecule has 0 aliphatic carbocycles. The summed E-state index contributed by atoms with van der Waals surface area (Å²) in [6.07, 6.45) is 0. The van der Waals surface area contributed by atoms with Crippen LogP contribution >= 0.6 is 11.8 Å². The normalized spacial score (nSPS) is 12.1. The zero-order chi connectivity index (χ0) is 10.3. The number of hydrogen-bond acceptors (Lipinski definition) is 2. The highest BCUT2D eigenvalue weighted by molar-refractivity contribution is 7.89. The summed E-state index contributed by atoms with van der Waals surface area (Å²) in [4.78, 5) is 0.